The number of hydrogen-bond acceptors (Lipinski definition) is 2. The highest BCUT2D eigenvalue weighted by Gasteiger charge is 2.34. The summed E-state index contributed by atoms with van der Waals surface area (Å²) in [6.07, 6.45) is 12.0. The zero-order valence-corrected chi connectivity index (χ0v) is 10.2. The van der Waals surface area contributed by atoms with Gasteiger partial charge in [0.25, 0.3) is 0 Å². The Morgan fingerprint density at radius 2 is 2.06 bits per heavy atom. The number of aliphatic carboxylic acids is 2. The number of terminal acetylenes is 1. The second kappa shape index (κ2) is 5.54. The third-order valence-electron chi connectivity index (χ3n) is 2.90. The van der Waals surface area contributed by atoms with Crippen LogP contribution < -0.4 is 0 Å². The molecule has 2 aliphatic carbocycles. The first-order chi connectivity index (χ1) is 8.39. The SMILES string of the molecule is C#CC1CC1.CC1(C(=O)O)C=CC=C(C(=O)O)C1. The van der Waals surface area contributed by atoms with E-state index in [2.05, 4.69) is 5.92 Å². The molecule has 0 aliphatic heterocycles. The molecule has 96 valence electrons. The first-order valence-corrected chi connectivity index (χ1v) is 5.70. The summed E-state index contributed by atoms with van der Waals surface area (Å²) in [5.74, 6) is 1.24. The van der Waals surface area contributed by atoms with E-state index in [0.29, 0.717) is 5.92 Å². The van der Waals surface area contributed by atoms with Gasteiger partial charge in [-0.1, -0.05) is 18.2 Å². The van der Waals surface area contributed by atoms with E-state index >= 15 is 0 Å². The lowest BCUT2D eigenvalue weighted by Crippen LogP contribution is -2.28. The maximum atomic E-state index is 10.8. The summed E-state index contributed by atoms with van der Waals surface area (Å²) in [6.45, 7) is 1.50. The molecule has 2 N–H and O–H groups in total. The van der Waals surface area contributed by atoms with Gasteiger partial charge in [-0.2, -0.15) is 0 Å². The van der Waals surface area contributed by atoms with E-state index in [1.54, 1.807) is 0 Å². The maximum Gasteiger partial charge on any atom is 0.331 e. The van der Waals surface area contributed by atoms with Gasteiger partial charge in [-0.3, -0.25) is 4.79 Å². The van der Waals surface area contributed by atoms with Crippen LogP contribution in [0.2, 0.25) is 0 Å². The molecule has 1 unspecified atom stereocenters. The van der Waals surface area contributed by atoms with Crippen LogP contribution in [0.5, 0.6) is 0 Å². The summed E-state index contributed by atoms with van der Waals surface area (Å²) >= 11 is 0. The Morgan fingerprint density at radius 1 is 1.44 bits per heavy atom. The minimum atomic E-state index is -1.08. The Labute approximate surface area is 106 Å². The van der Waals surface area contributed by atoms with Crippen molar-refractivity contribution in [3.8, 4) is 12.3 Å². The normalized spacial score (nSPS) is 25.2. The summed E-state index contributed by atoms with van der Waals surface area (Å²) in [4.78, 5) is 21.3. The molecule has 18 heavy (non-hydrogen) atoms. The maximum absolute atomic E-state index is 10.8. The summed E-state index contributed by atoms with van der Waals surface area (Å²) < 4.78 is 0. The summed E-state index contributed by atoms with van der Waals surface area (Å²) in [5, 5.41) is 17.5. The van der Waals surface area contributed by atoms with Crippen molar-refractivity contribution in [3.05, 3.63) is 23.8 Å². The molecule has 0 aromatic carbocycles. The lowest BCUT2D eigenvalue weighted by molar-refractivity contribution is -0.145. The topological polar surface area (TPSA) is 74.6 Å². The second-order valence-corrected chi connectivity index (χ2v) is 4.70. The van der Waals surface area contributed by atoms with Crippen LogP contribution in [0, 0.1) is 23.7 Å². The molecule has 0 bridgehead atoms. The second-order valence-electron chi connectivity index (χ2n) is 4.70. The van der Waals surface area contributed by atoms with Gasteiger partial charge < -0.3 is 10.2 Å². The van der Waals surface area contributed by atoms with E-state index in [1.807, 2.05) is 0 Å². The number of allylic oxidation sites excluding steroid dienone is 2. The third kappa shape index (κ3) is 3.77. The lowest BCUT2D eigenvalue weighted by Gasteiger charge is -2.23. The van der Waals surface area contributed by atoms with E-state index in [4.69, 9.17) is 16.6 Å². The van der Waals surface area contributed by atoms with Crippen LogP contribution in [0.15, 0.2) is 23.8 Å². The molecule has 0 heterocycles. The van der Waals surface area contributed by atoms with Gasteiger partial charge in [0.15, 0.2) is 0 Å². The molecule has 0 amide bonds. The van der Waals surface area contributed by atoms with Crippen molar-refractivity contribution in [1.82, 2.24) is 0 Å². The minimum Gasteiger partial charge on any atom is -0.481 e. The highest BCUT2D eigenvalue weighted by molar-refractivity contribution is 5.90. The Balaban J connectivity index is 0.000000269. The van der Waals surface area contributed by atoms with Crippen molar-refractivity contribution >= 4 is 11.9 Å². The van der Waals surface area contributed by atoms with Crippen molar-refractivity contribution in [3.63, 3.8) is 0 Å². The molecule has 2 rings (SSSR count). The van der Waals surface area contributed by atoms with Crippen LogP contribution in [0.1, 0.15) is 26.2 Å². The van der Waals surface area contributed by atoms with Crippen molar-refractivity contribution in [2.75, 3.05) is 0 Å². The monoisotopic (exact) mass is 248 g/mol. The summed E-state index contributed by atoms with van der Waals surface area (Å²) in [7, 11) is 0. The molecular weight excluding hydrogens is 232 g/mol. The quantitative estimate of drug-likeness (QED) is 0.734. The molecule has 2 aliphatic rings. The molecule has 4 nitrogen and oxygen atoms in total. The van der Waals surface area contributed by atoms with Crippen LogP contribution in [0.3, 0.4) is 0 Å². The first kappa shape index (κ1) is 14.0. The van der Waals surface area contributed by atoms with Gasteiger partial charge >= 0.3 is 11.9 Å². The zero-order chi connectivity index (χ0) is 13.8. The van der Waals surface area contributed by atoms with Crippen LogP contribution in [0.25, 0.3) is 0 Å². The predicted octanol–water partition coefficient (Wildman–Crippen LogP) is 2.08. The lowest BCUT2D eigenvalue weighted by atomic mass is 9.80. The number of carboxylic acids is 2. The largest absolute Gasteiger partial charge is 0.481 e. The minimum absolute atomic E-state index is 0.0359. The van der Waals surface area contributed by atoms with Gasteiger partial charge in [-0.15, -0.1) is 12.3 Å². The number of carbonyl (C=O) groups is 2. The van der Waals surface area contributed by atoms with Crippen molar-refractivity contribution in [2.45, 2.75) is 26.2 Å². The third-order valence-corrected chi connectivity index (χ3v) is 2.90. The number of carboxylic acid groups (broad SMARTS) is 2. The van der Waals surface area contributed by atoms with E-state index in [-0.39, 0.29) is 12.0 Å². The fourth-order valence-electron chi connectivity index (χ4n) is 1.43. The van der Waals surface area contributed by atoms with Gasteiger partial charge in [-0.05, 0) is 26.2 Å². The molecule has 1 saturated carbocycles. The average Bonchev–Trinajstić information content (AvgIpc) is 3.13. The molecular formula is C14H16O4. The van der Waals surface area contributed by atoms with E-state index in [0.717, 1.165) is 0 Å². The molecule has 0 aromatic rings. The molecule has 1 fully saturated rings. The Kier molecular flexibility index (Phi) is 4.33. The van der Waals surface area contributed by atoms with Gasteiger partial charge in [-0.25, -0.2) is 4.79 Å². The van der Waals surface area contributed by atoms with Gasteiger partial charge in [0, 0.05) is 11.5 Å². The van der Waals surface area contributed by atoms with Crippen LogP contribution in [-0.4, -0.2) is 22.2 Å². The van der Waals surface area contributed by atoms with Crippen LogP contribution >= 0.6 is 0 Å². The summed E-state index contributed by atoms with van der Waals surface area (Å²) in [5.41, 5.74) is -0.949. The number of hydrogen-bond donors (Lipinski definition) is 2. The van der Waals surface area contributed by atoms with Crippen molar-refractivity contribution in [1.29, 1.82) is 0 Å². The first-order valence-electron chi connectivity index (χ1n) is 5.70. The van der Waals surface area contributed by atoms with E-state index in [9.17, 15) is 9.59 Å². The standard InChI is InChI=1S/C9H10O4.C5H6/c1-9(8(12)13)4-2-3-6(5-9)7(10)11;1-2-5-3-4-5/h2-4H,5H2,1H3,(H,10,11)(H,12,13);1,5H,3-4H2. The fraction of sp³-hybridized carbons (Fsp3) is 0.429. The molecule has 0 radical (unpaired) electrons. The predicted molar refractivity (Wildman–Crippen MR) is 66.8 cm³/mol. The Morgan fingerprint density at radius 3 is 2.39 bits per heavy atom. The molecule has 0 saturated heterocycles. The van der Waals surface area contributed by atoms with E-state index < -0.39 is 17.4 Å². The average molecular weight is 248 g/mol. The molecule has 1 atom stereocenters. The highest BCUT2D eigenvalue weighted by Crippen LogP contribution is 2.31. The van der Waals surface area contributed by atoms with Crippen LogP contribution in [0.4, 0.5) is 0 Å². The van der Waals surface area contributed by atoms with Gasteiger partial charge in [0.2, 0.25) is 0 Å². The van der Waals surface area contributed by atoms with Crippen molar-refractivity contribution in [2.24, 2.45) is 11.3 Å². The summed E-state index contributed by atoms with van der Waals surface area (Å²) in [6, 6.07) is 0. The molecule has 0 aromatic heterocycles. The molecule has 4 heteroatoms. The highest BCUT2D eigenvalue weighted by atomic mass is 16.4. The Hall–Kier alpha value is -2.02. The number of rotatable bonds is 2. The Bertz CT molecular complexity index is 449. The van der Waals surface area contributed by atoms with Gasteiger partial charge in [0.1, 0.15) is 0 Å². The van der Waals surface area contributed by atoms with E-state index in [1.165, 1.54) is 38.0 Å². The zero-order valence-electron chi connectivity index (χ0n) is 10.2. The van der Waals surface area contributed by atoms with Crippen LogP contribution in [-0.2, 0) is 9.59 Å². The molecule has 0 spiro atoms. The van der Waals surface area contributed by atoms with Crippen molar-refractivity contribution < 1.29 is 19.8 Å². The fourth-order valence-corrected chi connectivity index (χ4v) is 1.43. The van der Waals surface area contributed by atoms with Gasteiger partial charge in [0.05, 0.1) is 5.41 Å². The smallest absolute Gasteiger partial charge is 0.331 e.